The van der Waals surface area contributed by atoms with Gasteiger partial charge in [-0.15, -0.1) is 0 Å². The maximum Gasteiger partial charge on any atom is 0.238 e. The Morgan fingerprint density at radius 2 is 1.90 bits per heavy atom. The zero-order chi connectivity index (χ0) is 15.0. The Kier molecular flexibility index (Phi) is 7.18. The molecule has 1 aromatic rings. The quantitative estimate of drug-likeness (QED) is 0.479. The normalized spacial score (nSPS) is 11.5. The van der Waals surface area contributed by atoms with Gasteiger partial charge in [-0.05, 0) is 43.0 Å². The molecule has 0 bridgehead atoms. The summed E-state index contributed by atoms with van der Waals surface area (Å²) in [4.78, 5) is 0.0779. The molecule has 0 spiro atoms. The average Bonchev–Trinajstić information content (AvgIpc) is 2.38. The van der Waals surface area contributed by atoms with Gasteiger partial charge in [0, 0.05) is 6.54 Å². The van der Waals surface area contributed by atoms with E-state index in [4.69, 9.17) is 10.9 Å². The highest BCUT2D eigenvalue weighted by Crippen LogP contribution is 2.22. The van der Waals surface area contributed by atoms with Gasteiger partial charge < -0.3 is 11.1 Å². The van der Waals surface area contributed by atoms with Crippen LogP contribution in [0, 0.1) is 0 Å². The van der Waals surface area contributed by atoms with E-state index in [-0.39, 0.29) is 4.90 Å². The van der Waals surface area contributed by atoms with Gasteiger partial charge in [-0.1, -0.05) is 12.8 Å². The number of hydrogen-bond acceptors (Lipinski definition) is 5. The summed E-state index contributed by atoms with van der Waals surface area (Å²) < 4.78 is 22.6. The van der Waals surface area contributed by atoms with E-state index in [0.717, 1.165) is 19.4 Å². The van der Waals surface area contributed by atoms with Crippen molar-refractivity contribution in [1.82, 2.24) is 0 Å². The van der Waals surface area contributed by atoms with Crippen molar-refractivity contribution in [3.05, 3.63) is 18.2 Å². The monoisotopic (exact) mass is 317 g/mol. The molecule has 0 amide bonds. The number of nitrogens with two attached hydrogens (primary N) is 2. The van der Waals surface area contributed by atoms with Gasteiger partial charge in [0.15, 0.2) is 0 Å². The Morgan fingerprint density at radius 1 is 1.20 bits per heavy atom. The van der Waals surface area contributed by atoms with Crippen LogP contribution in [-0.4, -0.2) is 27.0 Å². The molecular weight excluding hydrogens is 294 g/mol. The topological polar surface area (TPSA) is 98.2 Å². The second-order valence-corrected chi connectivity index (χ2v) is 7.17. The van der Waals surface area contributed by atoms with Crippen molar-refractivity contribution in [2.24, 2.45) is 5.14 Å². The van der Waals surface area contributed by atoms with Crippen molar-refractivity contribution in [2.45, 2.75) is 30.6 Å². The lowest BCUT2D eigenvalue weighted by Gasteiger charge is -2.10. The van der Waals surface area contributed by atoms with Crippen LogP contribution in [0.1, 0.15) is 25.7 Å². The molecule has 0 fully saturated rings. The van der Waals surface area contributed by atoms with Crippen LogP contribution in [0.2, 0.25) is 0 Å². The van der Waals surface area contributed by atoms with Crippen molar-refractivity contribution >= 4 is 33.2 Å². The zero-order valence-electron chi connectivity index (χ0n) is 11.8. The number of benzene rings is 1. The van der Waals surface area contributed by atoms with Crippen LogP contribution in [0.15, 0.2) is 23.1 Å². The largest absolute Gasteiger partial charge is 0.397 e. The number of unbranched alkanes of at least 4 members (excludes halogenated alkanes) is 3. The first-order valence-corrected chi connectivity index (χ1v) is 9.54. The van der Waals surface area contributed by atoms with Gasteiger partial charge in [0.1, 0.15) is 0 Å². The molecule has 0 aliphatic carbocycles. The molecule has 0 heterocycles. The molecule has 0 atom stereocenters. The van der Waals surface area contributed by atoms with E-state index in [0.29, 0.717) is 11.4 Å². The SMILES string of the molecule is CSCCCCCCNc1cc(S(N)(=O)=O)ccc1N. The third kappa shape index (κ3) is 6.02. The molecule has 0 saturated heterocycles. The van der Waals surface area contributed by atoms with E-state index < -0.39 is 10.0 Å². The molecule has 20 heavy (non-hydrogen) atoms. The van der Waals surface area contributed by atoms with Crippen molar-refractivity contribution in [1.29, 1.82) is 0 Å². The smallest absolute Gasteiger partial charge is 0.238 e. The summed E-state index contributed by atoms with van der Waals surface area (Å²) in [5.74, 6) is 1.21. The van der Waals surface area contributed by atoms with E-state index in [2.05, 4.69) is 11.6 Å². The molecule has 5 nitrogen and oxygen atoms in total. The molecule has 0 radical (unpaired) electrons. The number of primary sulfonamides is 1. The highest BCUT2D eigenvalue weighted by molar-refractivity contribution is 7.98. The molecule has 0 unspecified atom stereocenters. The number of nitrogen functional groups attached to an aromatic ring is 1. The van der Waals surface area contributed by atoms with E-state index in [1.54, 1.807) is 6.07 Å². The fourth-order valence-corrected chi connectivity index (χ4v) is 2.85. The van der Waals surface area contributed by atoms with Crippen molar-refractivity contribution in [3.63, 3.8) is 0 Å². The minimum Gasteiger partial charge on any atom is -0.397 e. The number of anilines is 2. The summed E-state index contributed by atoms with van der Waals surface area (Å²) in [6, 6.07) is 4.46. The maximum absolute atomic E-state index is 11.3. The molecule has 0 aliphatic rings. The number of hydrogen-bond donors (Lipinski definition) is 3. The summed E-state index contributed by atoms with van der Waals surface area (Å²) >= 11 is 1.87. The van der Waals surface area contributed by atoms with Gasteiger partial charge in [-0.25, -0.2) is 13.6 Å². The Hall–Kier alpha value is -0.920. The molecule has 1 rings (SSSR count). The summed E-state index contributed by atoms with van der Waals surface area (Å²) in [5.41, 5.74) is 6.97. The summed E-state index contributed by atoms with van der Waals surface area (Å²) in [7, 11) is -3.69. The summed E-state index contributed by atoms with van der Waals surface area (Å²) in [6.07, 6.45) is 6.76. The highest BCUT2D eigenvalue weighted by Gasteiger charge is 2.09. The fraction of sp³-hybridized carbons (Fsp3) is 0.538. The predicted octanol–water partition coefficient (Wildman–Crippen LogP) is 2.25. The van der Waals surface area contributed by atoms with Crippen LogP contribution >= 0.6 is 11.8 Å². The predicted molar refractivity (Wildman–Crippen MR) is 87.6 cm³/mol. The number of nitrogens with one attached hydrogen (secondary N) is 1. The van der Waals surface area contributed by atoms with Gasteiger partial charge in [0.25, 0.3) is 0 Å². The zero-order valence-corrected chi connectivity index (χ0v) is 13.4. The molecule has 114 valence electrons. The average molecular weight is 317 g/mol. The lowest BCUT2D eigenvalue weighted by atomic mass is 10.2. The van der Waals surface area contributed by atoms with Gasteiger partial charge in [0.05, 0.1) is 16.3 Å². The number of rotatable bonds is 9. The molecule has 0 aliphatic heterocycles. The van der Waals surface area contributed by atoms with Crippen LogP contribution in [0.3, 0.4) is 0 Å². The van der Waals surface area contributed by atoms with Gasteiger partial charge in [0.2, 0.25) is 10.0 Å². The van der Waals surface area contributed by atoms with E-state index >= 15 is 0 Å². The Bertz CT molecular complexity index is 518. The minimum absolute atomic E-state index is 0.0779. The molecule has 0 aromatic heterocycles. The molecule has 5 N–H and O–H groups in total. The van der Waals surface area contributed by atoms with Crippen molar-refractivity contribution in [2.75, 3.05) is 29.6 Å². The van der Waals surface area contributed by atoms with Gasteiger partial charge in [-0.3, -0.25) is 0 Å². The Morgan fingerprint density at radius 3 is 2.55 bits per heavy atom. The standard InChI is InChI=1S/C13H23N3O2S2/c1-19-9-5-3-2-4-8-16-13-10-11(20(15,17)18)6-7-12(13)14/h6-7,10,16H,2-5,8-9,14H2,1H3,(H2,15,17,18). The van der Waals surface area contributed by atoms with Crippen molar-refractivity contribution < 1.29 is 8.42 Å². The molecule has 1 aromatic carbocycles. The Labute approximate surface area is 125 Å². The molecular formula is C13H23N3O2S2. The lowest BCUT2D eigenvalue weighted by Crippen LogP contribution is -2.13. The van der Waals surface area contributed by atoms with E-state index in [1.165, 1.54) is 30.7 Å². The maximum atomic E-state index is 11.3. The number of thioether (sulfide) groups is 1. The lowest BCUT2D eigenvalue weighted by molar-refractivity contribution is 0.598. The molecule has 7 heteroatoms. The van der Waals surface area contributed by atoms with Crippen LogP contribution < -0.4 is 16.2 Å². The first kappa shape index (κ1) is 17.1. The second-order valence-electron chi connectivity index (χ2n) is 4.63. The van der Waals surface area contributed by atoms with E-state index in [9.17, 15) is 8.42 Å². The van der Waals surface area contributed by atoms with Crippen LogP contribution in [0.25, 0.3) is 0 Å². The van der Waals surface area contributed by atoms with Crippen molar-refractivity contribution in [3.8, 4) is 0 Å². The van der Waals surface area contributed by atoms with Crippen LogP contribution in [0.4, 0.5) is 11.4 Å². The van der Waals surface area contributed by atoms with Crippen LogP contribution in [0.5, 0.6) is 0 Å². The third-order valence-corrected chi connectivity index (χ3v) is 4.55. The summed E-state index contributed by atoms with van der Waals surface area (Å²) in [5, 5.41) is 8.27. The minimum atomic E-state index is -3.69. The van der Waals surface area contributed by atoms with E-state index in [1.807, 2.05) is 11.8 Å². The van der Waals surface area contributed by atoms with Gasteiger partial charge >= 0.3 is 0 Å². The first-order chi connectivity index (χ1) is 9.45. The van der Waals surface area contributed by atoms with Crippen LogP contribution in [-0.2, 0) is 10.0 Å². The third-order valence-electron chi connectivity index (χ3n) is 2.94. The summed E-state index contributed by atoms with van der Waals surface area (Å²) in [6.45, 7) is 0.775. The highest BCUT2D eigenvalue weighted by atomic mass is 32.2. The number of sulfonamides is 1. The van der Waals surface area contributed by atoms with Gasteiger partial charge in [-0.2, -0.15) is 11.8 Å². The first-order valence-electron chi connectivity index (χ1n) is 6.60. The molecule has 0 saturated carbocycles. The fourth-order valence-electron chi connectivity index (χ4n) is 1.81. The second kappa shape index (κ2) is 8.39. The Balaban J connectivity index is 2.44.